The van der Waals surface area contributed by atoms with Crippen LogP contribution in [0.2, 0.25) is 0 Å². The fraction of sp³-hybridized carbons (Fsp3) is 0.333. The van der Waals surface area contributed by atoms with Crippen LogP contribution < -0.4 is 4.72 Å². The molecular weight excluding hydrogens is 583 g/mol. The molecule has 0 saturated carbocycles. The van der Waals surface area contributed by atoms with Crippen LogP contribution in [0.1, 0.15) is 13.8 Å². The molecule has 13 nitrogen and oxygen atoms in total. The molecule has 0 amide bonds. The Balaban J connectivity index is 2.57. The average Bonchev–Trinajstić information content (AvgIpc) is 2.84. The Kier molecular flexibility index (Phi) is 10.7. The predicted molar refractivity (Wildman–Crippen MR) is 144 cm³/mol. The number of hydrogen-bond donors (Lipinski definition) is 1. The van der Waals surface area contributed by atoms with E-state index in [0.29, 0.717) is 0 Å². The number of benzene rings is 2. The molecule has 0 aromatic heterocycles. The second kappa shape index (κ2) is 13.1. The van der Waals surface area contributed by atoms with Crippen molar-refractivity contribution in [3.8, 4) is 0 Å². The van der Waals surface area contributed by atoms with E-state index in [-0.39, 0.29) is 10.1 Å². The smallest absolute Gasteiger partial charge is 0.289 e. The number of nitrogens with zero attached hydrogens (tertiary/aromatic N) is 2. The van der Waals surface area contributed by atoms with E-state index < -0.39 is 81.8 Å². The molecule has 0 aliphatic rings. The Bertz CT molecular complexity index is 1340. The largest absolute Gasteiger partial charge is 0.487 e. The van der Waals surface area contributed by atoms with Crippen molar-refractivity contribution in [1.29, 1.82) is 0 Å². The summed E-state index contributed by atoms with van der Waals surface area (Å²) < 4.78 is 66.0. The van der Waals surface area contributed by atoms with Gasteiger partial charge in [0.1, 0.15) is 11.5 Å². The lowest BCUT2D eigenvalue weighted by Gasteiger charge is -2.27. The summed E-state index contributed by atoms with van der Waals surface area (Å²) in [4.78, 5) is 19.9. The van der Waals surface area contributed by atoms with Crippen LogP contribution in [0.4, 0.5) is 11.4 Å². The van der Waals surface area contributed by atoms with Crippen molar-refractivity contribution >= 4 is 65.8 Å². The Morgan fingerprint density at radius 1 is 0.842 bits per heavy atom. The fourth-order valence-electron chi connectivity index (χ4n) is 3.32. The van der Waals surface area contributed by atoms with Gasteiger partial charge in [-0.25, -0.2) is 21.6 Å². The second-order valence-electron chi connectivity index (χ2n) is 7.82. The molecular formula is C21H23N3O10S4. The Hall–Kier alpha value is -3.12. The molecule has 0 bridgehead atoms. The summed E-state index contributed by atoms with van der Waals surface area (Å²) in [6, 6.07) is 7.88. The molecule has 0 aliphatic heterocycles. The number of hydrogen-bond acceptors (Lipinski definition) is 12. The van der Waals surface area contributed by atoms with E-state index >= 15 is 0 Å². The number of nitro benzene ring substituents is 2. The van der Waals surface area contributed by atoms with Gasteiger partial charge in [-0.3, -0.25) is 20.2 Å². The van der Waals surface area contributed by atoms with Crippen LogP contribution in [0.15, 0.2) is 58.3 Å². The average molecular weight is 606 g/mol. The number of sulfone groups is 1. The third-order valence-electron chi connectivity index (χ3n) is 5.02. The first kappa shape index (κ1) is 31.1. The first-order valence-corrected chi connectivity index (χ1v) is 14.6. The highest BCUT2D eigenvalue weighted by Gasteiger charge is 2.36. The predicted octanol–water partition coefficient (Wildman–Crippen LogP) is 2.97. The third kappa shape index (κ3) is 8.45. The summed E-state index contributed by atoms with van der Waals surface area (Å²) in [5, 5.41) is 22.9. The van der Waals surface area contributed by atoms with Crippen molar-refractivity contribution in [2.24, 2.45) is 5.92 Å². The number of ether oxygens (including phenoxy) is 2. The molecule has 2 aromatic carbocycles. The number of nitrogens with one attached hydrogen (secondary N) is 1. The number of para-hydroxylation sites is 2. The van der Waals surface area contributed by atoms with Gasteiger partial charge in [0.25, 0.3) is 11.4 Å². The van der Waals surface area contributed by atoms with Gasteiger partial charge in [-0.2, -0.15) is 0 Å². The normalized spacial score (nSPS) is 13.2. The zero-order valence-corrected chi connectivity index (χ0v) is 23.3. The molecule has 2 atom stereocenters. The van der Waals surface area contributed by atoms with Crippen LogP contribution in [0, 0.1) is 26.1 Å². The minimum Gasteiger partial charge on any atom is -0.487 e. The SMILES string of the molecule is CC(=S)OCC(CS(=O)(=O)c1ccccc1[N+](=O)[O-])C(COC(C)=S)NS(=O)(=O)c1ccccc1[N+](=O)[O-]. The van der Waals surface area contributed by atoms with Crippen molar-refractivity contribution in [3.05, 3.63) is 68.8 Å². The van der Waals surface area contributed by atoms with Gasteiger partial charge in [-0.05, 0) is 36.6 Å². The number of sulfonamides is 1. The van der Waals surface area contributed by atoms with E-state index in [1.165, 1.54) is 38.1 Å². The molecule has 1 N–H and O–H groups in total. The Morgan fingerprint density at radius 2 is 1.29 bits per heavy atom. The molecule has 0 saturated heterocycles. The molecule has 206 valence electrons. The Morgan fingerprint density at radius 3 is 1.79 bits per heavy atom. The monoisotopic (exact) mass is 605 g/mol. The quantitative estimate of drug-likeness (QED) is 0.200. The fourth-order valence-corrected chi connectivity index (χ4v) is 6.74. The van der Waals surface area contributed by atoms with Gasteiger partial charge in [0.15, 0.2) is 24.8 Å². The summed E-state index contributed by atoms with van der Waals surface area (Å²) in [7, 11) is -9.02. The summed E-state index contributed by atoms with van der Waals surface area (Å²) in [6.07, 6.45) is 0. The molecule has 0 fully saturated rings. The first-order valence-electron chi connectivity index (χ1n) is 10.6. The lowest BCUT2D eigenvalue weighted by molar-refractivity contribution is -0.388. The number of thiocarbonyl (C=S) groups is 2. The second-order valence-corrected chi connectivity index (χ2v) is 12.7. The maximum absolute atomic E-state index is 13.3. The maximum Gasteiger partial charge on any atom is 0.289 e. The standard InChI is InChI=1S/C21H23N3O10S4/c1-14(35)33-11-16(13-37(29,30)20-9-5-3-7-18(20)23(25)26)17(12-34-15(2)36)22-38(31,32)21-10-6-4-8-19(21)24(27)28/h3-10,16-17,22H,11-13H2,1-2H3. The van der Waals surface area contributed by atoms with E-state index in [9.17, 15) is 37.1 Å². The van der Waals surface area contributed by atoms with Crippen molar-refractivity contribution < 1.29 is 36.2 Å². The minimum absolute atomic E-state index is 0.00660. The van der Waals surface area contributed by atoms with Gasteiger partial charge in [0.2, 0.25) is 10.0 Å². The van der Waals surface area contributed by atoms with E-state index in [0.717, 1.165) is 24.3 Å². The van der Waals surface area contributed by atoms with Crippen LogP contribution in [-0.2, 0) is 29.3 Å². The lowest BCUT2D eigenvalue weighted by atomic mass is 10.0. The highest BCUT2D eigenvalue weighted by Crippen LogP contribution is 2.28. The molecule has 2 unspecified atom stereocenters. The van der Waals surface area contributed by atoms with E-state index in [1.807, 2.05) is 0 Å². The zero-order chi connectivity index (χ0) is 28.7. The highest BCUT2D eigenvalue weighted by molar-refractivity contribution is 7.91. The van der Waals surface area contributed by atoms with Crippen molar-refractivity contribution in [3.63, 3.8) is 0 Å². The third-order valence-corrected chi connectivity index (χ3v) is 8.68. The van der Waals surface area contributed by atoms with Crippen molar-refractivity contribution in [2.75, 3.05) is 19.0 Å². The van der Waals surface area contributed by atoms with E-state index in [2.05, 4.69) is 4.72 Å². The van der Waals surface area contributed by atoms with Gasteiger partial charge in [-0.15, -0.1) is 0 Å². The van der Waals surface area contributed by atoms with Crippen molar-refractivity contribution in [1.82, 2.24) is 4.72 Å². The number of nitro groups is 2. The number of rotatable bonds is 13. The van der Waals surface area contributed by atoms with Crippen LogP contribution >= 0.6 is 24.4 Å². The zero-order valence-electron chi connectivity index (χ0n) is 20.0. The summed E-state index contributed by atoms with van der Waals surface area (Å²) >= 11 is 9.80. The van der Waals surface area contributed by atoms with Gasteiger partial charge >= 0.3 is 0 Å². The summed E-state index contributed by atoms with van der Waals surface area (Å²) in [6.45, 7) is 1.90. The molecule has 0 heterocycles. The summed E-state index contributed by atoms with van der Waals surface area (Å²) in [5.41, 5.74) is -1.37. The van der Waals surface area contributed by atoms with Crippen molar-refractivity contribution in [2.45, 2.75) is 29.7 Å². The molecule has 2 aromatic rings. The lowest BCUT2D eigenvalue weighted by Crippen LogP contribution is -2.47. The van der Waals surface area contributed by atoms with Crippen LogP contribution in [-0.4, -0.2) is 61.8 Å². The molecule has 0 radical (unpaired) electrons. The molecule has 0 spiro atoms. The Labute approximate surface area is 229 Å². The van der Waals surface area contributed by atoms with Gasteiger partial charge in [-0.1, -0.05) is 24.3 Å². The minimum atomic E-state index is -4.61. The topological polar surface area (TPSA) is 185 Å². The van der Waals surface area contributed by atoms with Gasteiger partial charge < -0.3 is 9.47 Å². The van der Waals surface area contributed by atoms with E-state index in [1.54, 1.807) is 0 Å². The van der Waals surface area contributed by atoms with Crippen LogP contribution in [0.3, 0.4) is 0 Å². The van der Waals surface area contributed by atoms with Gasteiger partial charge in [0, 0.05) is 31.9 Å². The van der Waals surface area contributed by atoms with Gasteiger partial charge in [0.05, 0.1) is 28.2 Å². The first-order chi connectivity index (χ1) is 17.7. The molecule has 17 heteroatoms. The highest BCUT2D eigenvalue weighted by atomic mass is 32.2. The maximum atomic E-state index is 13.3. The molecule has 38 heavy (non-hydrogen) atoms. The van der Waals surface area contributed by atoms with Crippen LogP contribution in [0.5, 0.6) is 0 Å². The van der Waals surface area contributed by atoms with E-state index in [4.69, 9.17) is 33.9 Å². The molecule has 2 rings (SSSR count). The molecule has 0 aliphatic carbocycles. The summed E-state index contributed by atoms with van der Waals surface area (Å²) in [5.74, 6) is -2.06. The van der Waals surface area contributed by atoms with Crippen LogP contribution in [0.25, 0.3) is 0 Å².